The average Bonchev–Trinajstić information content (AvgIpc) is 2.87. The molecule has 0 saturated heterocycles. The number of nitrogens with zero attached hydrogens (tertiary/aromatic N) is 6. The van der Waals surface area contributed by atoms with Gasteiger partial charge in [0.2, 0.25) is 0 Å². The molecule has 3 aromatic rings. The van der Waals surface area contributed by atoms with Crippen LogP contribution in [0.15, 0.2) is 36.7 Å². The first-order valence-electron chi connectivity index (χ1n) is 5.60. The van der Waals surface area contributed by atoms with Crippen molar-refractivity contribution < 1.29 is 0 Å². The molecule has 7 heteroatoms. The third-order valence-corrected chi connectivity index (χ3v) is 2.49. The fraction of sp³-hybridized carbons (Fsp3) is 0.182. The first kappa shape index (κ1) is 10.6. The Balaban J connectivity index is 1.62. The van der Waals surface area contributed by atoms with Crippen molar-refractivity contribution in [3.8, 4) is 0 Å². The first-order valence-corrected chi connectivity index (χ1v) is 5.60. The highest BCUT2D eigenvalue weighted by atomic mass is 15.5. The van der Waals surface area contributed by atoms with E-state index >= 15 is 0 Å². The van der Waals surface area contributed by atoms with Crippen molar-refractivity contribution in [2.45, 2.75) is 6.42 Å². The number of fused-ring (bicyclic) bond motifs is 1. The topological polar surface area (TPSA) is 80.9 Å². The van der Waals surface area contributed by atoms with E-state index in [0.29, 0.717) is 11.7 Å². The Morgan fingerprint density at radius 2 is 1.94 bits per heavy atom. The van der Waals surface area contributed by atoms with Crippen LogP contribution in [-0.2, 0) is 6.42 Å². The van der Waals surface area contributed by atoms with Gasteiger partial charge in [-0.15, -0.1) is 25.5 Å². The predicted molar refractivity (Wildman–Crippen MR) is 65.0 cm³/mol. The van der Waals surface area contributed by atoms with Gasteiger partial charge in [-0.2, -0.15) is 4.52 Å². The fourth-order valence-electron chi connectivity index (χ4n) is 1.61. The molecule has 0 bridgehead atoms. The fourth-order valence-corrected chi connectivity index (χ4v) is 1.61. The highest BCUT2D eigenvalue weighted by Gasteiger charge is 2.01. The Morgan fingerprint density at radius 3 is 2.83 bits per heavy atom. The lowest BCUT2D eigenvalue weighted by atomic mass is 10.1. The van der Waals surface area contributed by atoms with E-state index in [0.717, 1.165) is 13.0 Å². The molecule has 2 aromatic heterocycles. The van der Waals surface area contributed by atoms with Crippen LogP contribution < -0.4 is 5.32 Å². The van der Waals surface area contributed by atoms with Crippen molar-refractivity contribution in [3.63, 3.8) is 0 Å². The zero-order valence-electron chi connectivity index (χ0n) is 9.56. The Morgan fingerprint density at radius 1 is 1.06 bits per heavy atom. The lowest BCUT2D eigenvalue weighted by molar-refractivity contribution is 0.818. The number of hydrogen-bond acceptors (Lipinski definition) is 6. The Kier molecular flexibility index (Phi) is 2.79. The number of hydrogen-bond donors (Lipinski definition) is 1. The van der Waals surface area contributed by atoms with E-state index in [-0.39, 0.29) is 0 Å². The van der Waals surface area contributed by atoms with Gasteiger partial charge in [-0.1, -0.05) is 30.3 Å². The zero-order valence-corrected chi connectivity index (χ0v) is 9.56. The second-order valence-electron chi connectivity index (χ2n) is 3.76. The lowest BCUT2D eigenvalue weighted by Gasteiger charge is -2.03. The van der Waals surface area contributed by atoms with Crippen LogP contribution in [0.25, 0.3) is 5.78 Å². The Hall–Kier alpha value is -2.57. The summed E-state index contributed by atoms with van der Waals surface area (Å²) in [6, 6.07) is 10.2. The molecule has 0 unspecified atom stereocenters. The van der Waals surface area contributed by atoms with Gasteiger partial charge in [0.15, 0.2) is 0 Å². The standard InChI is InChI=1S/C11H11N7/c1-2-4-9(5-3-1)6-7-12-10-14-16-11-15-13-8-18(11)17-10/h1-5,8H,6-7H2,(H,12,17). The van der Waals surface area contributed by atoms with Gasteiger partial charge in [0.1, 0.15) is 6.33 Å². The van der Waals surface area contributed by atoms with Crippen molar-refractivity contribution in [2.75, 3.05) is 11.9 Å². The van der Waals surface area contributed by atoms with Crippen LogP contribution in [0, 0.1) is 0 Å². The van der Waals surface area contributed by atoms with Gasteiger partial charge in [-0.05, 0) is 12.0 Å². The van der Waals surface area contributed by atoms with Crippen LogP contribution in [-0.4, -0.2) is 36.6 Å². The molecule has 3 rings (SSSR count). The monoisotopic (exact) mass is 241 g/mol. The van der Waals surface area contributed by atoms with E-state index < -0.39 is 0 Å². The van der Waals surface area contributed by atoms with Crippen LogP contribution in [0.4, 0.5) is 5.95 Å². The van der Waals surface area contributed by atoms with Crippen LogP contribution in [0.3, 0.4) is 0 Å². The van der Waals surface area contributed by atoms with Crippen molar-refractivity contribution in [2.24, 2.45) is 0 Å². The minimum Gasteiger partial charge on any atom is -0.351 e. The molecule has 0 fully saturated rings. The summed E-state index contributed by atoms with van der Waals surface area (Å²) in [4.78, 5) is 0. The minimum absolute atomic E-state index is 0.392. The van der Waals surface area contributed by atoms with Crippen LogP contribution in [0.1, 0.15) is 5.56 Å². The maximum atomic E-state index is 4.17. The maximum absolute atomic E-state index is 4.17. The van der Waals surface area contributed by atoms with E-state index in [4.69, 9.17) is 0 Å². The average molecular weight is 241 g/mol. The molecule has 0 radical (unpaired) electrons. The largest absolute Gasteiger partial charge is 0.351 e. The van der Waals surface area contributed by atoms with Gasteiger partial charge in [-0.25, -0.2) is 0 Å². The summed E-state index contributed by atoms with van der Waals surface area (Å²) in [6.45, 7) is 0.749. The third kappa shape index (κ3) is 2.24. The number of nitrogens with one attached hydrogen (secondary N) is 1. The Bertz CT molecular complexity index is 634. The minimum atomic E-state index is 0.392. The van der Waals surface area contributed by atoms with Gasteiger partial charge < -0.3 is 5.32 Å². The van der Waals surface area contributed by atoms with Crippen LogP contribution >= 0.6 is 0 Å². The van der Waals surface area contributed by atoms with Gasteiger partial charge in [0.05, 0.1) is 0 Å². The molecule has 0 atom stereocenters. The molecule has 0 amide bonds. The van der Waals surface area contributed by atoms with Crippen LogP contribution in [0.5, 0.6) is 0 Å². The van der Waals surface area contributed by atoms with Gasteiger partial charge in [-0.3, -0.25) is 0 Å². The van der Waals surface area contributed by atoms with Crippen molar-refractivity contribution >= 4 is 11.7 Å². The van der Waals surface area contributed by atoms with E-state index in [1.165, 1.54) is 16.4 Å². The van der Waals surface area contributed by atoms with E-state index in [1.807, 2.05) is 18.2 Å². The summed E-state index contributed by atoms with van der Waals surface area (Å²) in [6.07, 6.45) is 2.40. The third-order valence-electron chi connectivity index (χ3n) is 2.49. The number of benzene rings is 1. The summed E-state index contributed by atoms with van der Waals surface area (Å²) in [5.41, 5.74) is 1.27. The second-order valence-corrected chi connectivity index (χ2v) is 3.76. The smallest absolute Gasteiger partial charge is 0.290 e. The van der Waals surface area contributed by atoms with Crippen LogP contribution in [0.2, 0.25) is 0 Å². The summed E-state index contributed by atoms with van der Waals surface area (Å²) in [7, 11) is 0. The highest BCUT2D eigenvalue weighted by Crippen LogP contribution is 2.01. The first-order chi connectivity index (χ1) is 8.92. The molecule has 18 heavy (non-hydrogen) atoms. The van der Waals surface area contributed by atoms with Crippen molar-refractivity contribution in [1.82, 2.24) is 30.0 Å². The summed E-state index contributed by atoms with van der Waals surface area (Å²) < 4.78 is 1.48. The van der Waals surface area contributed by atoms with Gasteiger partial charge in [0, 0.05) is 6.54 Å². The SMILES string of the molecule is c1ccc(CCNc2nnc3nncn3n2)cc1. The summed E-state index contributed by atoms with van der Waals surface area (Å²) in [5.74, 6) is 0.863. The van der Waals surface area contributed by atoms with Gasteiger partial charge >= 0.3 is 0 Å². The number of rotatable bonds is 4. The molecule has 1 N–H and O–H groups in total. The molecule has 2 heterocycles. The molecule has 0 aliphatic heterocycles. The van der Waals surface area contributed by atoms with Gasteiger partial charge in [0.25, 0.3) is 11.7 Å². The normalized spacial score (nSPS) is 10.7. The molecule has 7 nitrogen and oxygen atoms in total. The molecule has 0 saturated carbocycles. The van der Waals surface area contributed by atoms with E-state index in [9.17, 15) is 0 Å². The summed E-state index contributed by atoms with van der Waals surface area (Å²) >= 11 is 0. The molecular formula is C11H11N7. The number of anilines is 1. The Labute approximate surface area is 103 Å². The molecule has 0 spiro atoms. The lowest BCUT2D eigenvalue weighted by Crippen LogP contribution is -2.10. The quantitative estimate of drug-likeness (QED) is 0.719. The van der Waals surface area contributed by atoms with E-state index in [1.54, 1.807) is 0 Å². The molecule has 1 aromatic carbocycles. The molecule has 0 aliphatic carbocycles. The van der Waals surface area contributed by atoms with Crippen molar-refractivity contribution in [3.05, 3.63) is 42.2 Å². The predicted octanol–water partition coefficient (Wildman–Crippen LogP) is 0.569. The zero-order chi connectivity index (χ0) is 12.2. The molecule has 90 valence electrons. The number of aromatic nitrogens is 6. The van der Waals surface area contributed by atoms with E-state index in [2.05, 4.69) is 42.9 Å². The van der Waals surface area contributed by atoms with Crippen molar-refractivity contribution in [1.29, 1.82) is 0 Å². The molecule has 0 aliphatic rings. The molecular weight excluding hydrogens is 230 g/mol. The maximum Gasteiger partial charge on any atom is 0.290 e. The summed E-state index contributed by atoms with van der Waals surface area (Å²) in [5, 5.41) is 22.5. The second kappa shape index (κ2) is 4.74. The highest BCUT2D eigenvalue weighted by molar-refractivity contribution is 5.27.